The zero-order valence-electron chi connectivity index (χ0n) is 8.04. The standard InChI is InChI=1S/C8H12N2O4S/c1-10-6(11)2-5(7(10)12)15-3-4(9)8(13)14/h2,4,11-12H,3,9H2,1H3,(H,13,14)/t4-/m0/s1. The van der Waals surface area contributed by atoms with Gasteiger partial charge in [-0.15, -0.1) is 11.8 Å². The Morgan fingerprint density at radius 2 is 2.27 bits per heavy atom. The summed E-state index contributed by atoms with van der Waals surface area (Å²) in [5.41, 5.74) is 5.29. The van der Waals surface area contributed by atoms with Gasteiger partial charge >= 0.3 is 5.97 Å². The van der Waals surface area contributed by atoms with E-state index in [1.54, 1.807) is 0 Å². The van der Waals surface area contributed by atoms with Crippen molar-refractivity contribution in [2.45, 2.75) is 10.9 Å². The minimum atomic E-state index is -1.10. The Morgan fingerprint density at radius 3 is 2.67 bits per heavy atom. The van der Waals surface area contributed by atoms with Crippen LogP contribution in [0, 0.1) is 0 Å². The Balaban J connectivity index is 2.66. The second kappa shape index (κ2) is 4.45. The number of hydrogen-bond acceptors (Lipinski definition) is 5. The summed E-state index contributed by atoms with van der Waals surface area (Å²) in [6, 6.07) is 0.367. The van der Waals surface area contributed by atoms with Gasteiger partial charge in [-0.05, 0) is 0 Å². The predicted molar refractivity (Wildman–Crippen MR) is 55.1 cm³/mol. The number of carboxylic acids is 1. The van der Waals surface area contributed by atoms with Crippen molar-refractivity contribution in [3.05, 3.63) is 6.07 Å². The zero-order chi connectivity index (χ0) is 11.6. The zero-order valence-corrected chi connectivity index (χ0v) is 8.86. The summed E-state index contributed by atoms with van der Waals surface area (Å²) in [5, 5.41) is 27.2. The maximum Gasteiger partial charge on any atom is 0.321 e. The first-order chi connectivity index (χ1) is 6.93. The summed E-state index contributed by atoms with van der Waals surface area (Å²) in [6.45, 7) is 0. The van der Waals surface area contributed by atoms with E-state index >= 15 is 0 Å². The SMILES string of the molecule is Cn1c(O)cc(SC[C@H](N)C(=O)O)c1O. The molecule has 0 aromatic carbocycles. The third kappa shape index (κ3) is 2.57. The maximum atomic E-state index is 10.4. The smallest absolute Gasteiger partial charge is 0.321 e. The van der Waals surface area contributed by atoms with E-state index in [1.807, 2.05) is 0 Å². The molecule has 15 heavy (non-hydrogen) atoms. The van der Waals surface area contributed by atoms with Crippen LogP contribution in [0.25, 0.3) is 0 Å². The number of carboxylic acid groups (broad SMARTS) is 1. The van der Waals surface area contributed by atoms with Crippen molar-refractivity contribution in [1.29, 1.82) is 0 Å². The van der Waals surface area contributed by atoms with Crippen LogP contribution >= 0.6 is 11.8 Å². The molecule has 0 unspecified atom stereocenters. The van der Waals surface area contributed by atoms with E-state index in [0.29, 0.717) is 4.90 Å². The normalized spacial score (nSPS) is 12.7. The Hall–Kier alpha value is -1.34. The number of rotatable bonds is 4. The summed E-state index contributed by atoms with van der Waals surface area (Å²) in [7, 11) is 1.49. The molecule has 0 saturated heterocycles. The summed E-state index contributed by atoms with van der Waals surface area (Å²) >= 11 is 1.08. The number of aromatic nitrogens is 1. The van der Waals surface area contributed by atoms with Crippen LogP contribution in [0.2, 0.25) is 0 Å². The molecule has 1 aromatic rings. The molecule has 0 aliphatic rings. The molecular formula is C8H12N2O4S. The molecule has 5 N–H and O–H groups in total. The first-order valence-corrected chi connectivity index (χ1v) is 5.11. The molecule has 0 bridgehead atoms. The van der Waals surface area contributed by atoms with Gasteiger partial charge in [0.2, 0.25) is 5.88 Å². The molecule has 0 radical (unpaired) electrons. The quantitative estimate of drug-likeness (QED) is 0.541. The average Bonchev–Trinajstić information content (AvgIpc) is 2.42. The van der Waals surface area contributed by atoms with Crippen LogP contribution in [-0.4, -0.2) is 37.7 Å². The van der Waals surface area contributed by atoms with Crippen LogP contribution in [0.5, 0.6) is 11.8 Å². The molecule has 1 atom stereocenters. The van der Waals surface area contributed by atoms with Gasteiger partial charge in [0.25, 0.3) is 0 Å². The van der Waals surface area contributed by atoms with Gasteiger partial charge in [-0.2, -0.15) is 0 Å². The first kappa shape index (κ1) is 11.7. The van der Waals surface area contributed by atoms with Gasteiger partial charge in [0.05, 0.1) is 4.90 Å². The van der Waals surface area contributed by atoms with Crippen molar-refractivity contribution in [2.75, 3.05) is 5.75 Å². The fourth-order valence-electron chi connectivity index (χ4n) is 0.909. The lowest BCUT2D eigenvalue weighted by molar-refractivity contribution is -0.137. The van der Waals surface area contributed by atoms with Gasteiger partial charge in [0.1, 0.15) is 6.04 Å². The van der Waals surface area contributed by atoms with Crippen molar-refractivity contribution in [3.63, 3.8) is 0 Å². The lowest BCUT2D eigenvalue weighted by Crippen LogP contribution is -2.32. The van der Waals surface area contributed by atoms with Crippen LogP contribution in [0.3, 0.4) is 0 Å². The van der Waals surface area contributed by atoms with Crippen LogP contribution < -0.4 is 5.73 Å². The number of nitrogens with zero attached hydrogens (tertiary/aromatic N) is 1. The van der Waals surface area contributed by atoms with Gasteiger partial charge in [-0.3, -0.25) is 9.36 Å². The highest BCUT2D eigenvalue weighted by Gasteiger charge is 2.16. The fraction of sp³-hybridized carbons (Fsp3) is 0.375. The maximum absolute atomic E-state index is 10.4. The summed E-state index contributed by atoms with van der Waals surface area (Å²) in [5.74, 6) is -1.15. The highest BCUT2D eigenvalue weighted by atomic mass is 32.2. The molecule has 0 aliphatic carbocycles. The third-order valence-corrected chi connectivity index (χ3v) is 3.01. The molecule has 0 aliphatic heterocycles. The minimum absolute atomic E-state index is 0.0844. The molecule has 1 heterocycles. The van der Waals surface area contributed by atoms with Crippen molar-refractivity contribution >= 4 is 17.7 Å². The number of thioether (sulfide) groups is 1. The second-order valence-electron chi connectivity index (χ2n) is 3.01. The van der Waals surface area contributed by atoms with Crippen molar-refractivity contribution in [1.82, 2.24) is 4.57 Å². The monoisotopic (exact) mass is 232 g/mol. The molecular weight excluding hydrogens is 220 g/mol. The van der Waals surface area contributed by atoms with Crippen molar-refractivity contribution in [3.8, 4) is 11.8 Å². The molecule has 1 aromatic heterocycles. The first-order valence-electron chi connectivity index (χ1n) is 4.12. The van der Waals surface area contributed by atoms with Crippen LogP contribution in [-0.2, 0) is 11.8 Å². The lowest BCUT2D eigenvalue weighted by Gasteiger charge is -2.04. The number of carbonyl (C=O) groups is 1. The predicted octanol–water partition coefficient (Wildman–Crippen LogP) is -0.0597. The Kier molecular flexibility index (Phi) is 3.48. The van der Waals surface area contributed by atoms with E-state index in [4.69, 9.17) is 10.8 Å². The van der Waals surface area contributed by atoms with Crippen LogP contribution in [0.1, 0.15) is 0 Å². The van der Waals surface area contributed by atoms with Gasteiger partial charge < -0.3 is 21.1 Å². The van der Waals surface area contributed by atoms with Crippen LogP contribution in [0.4, 0.5) is 0 Å². The third-order valence-electron chi connectivity index (χ3n) is 1.88. The summed E-state index contributed by atoms with van der Waals surface area (Å²) in [6.07, 6.45) is 0. The second-order valence-corrected chi connectivity index (χ2v) is 4.07. The average molecular weight is 232 g/mol. The van der Waals surface area contributed by atoms with Gasteiger partial charge in [-0.1, -0.05) is 0 Å². The van der Waals surface area contributed by atoms with Gasteiger partial charge in [0, 0.05) is 18.9 Å². The highest BCUT2D eigenvalue weighted by Crippen LogP contribution is 2.34. The highest BCUT2D eigenvalue weighted by molar-refractivity contribution is 7.99. The Bertz CT molecular complexity index is 377. The van der Waals surface area contributed by atoms with Crippen molar-refractivity contribution in [2.24, 2.45) is 12.8 Å². The van der Waals surface area contributed by atoms with E-state index in [9.17, 15) is 15.0 Å². The molecule has 0 saturated carbocycles. The molecule has 84 valence electrons. The van der Waals surface area contributed by atoms with E-state index in [2.05, 4.69) is 0 Å². The Labute approximate surface area is 90.3 Å². The van der Waals surface area contributed by atoms with E-state index < -0.39 is 12.0 Å². The number of aromatic hydroxyl groups is 2. The molecule has 1 rings (SSSR count). The minimum Gasteiger partial charge on any atom is -0.494 e. The number of aliphatic carboxylic acids is 1. The number of hydrogen-bond donors (Lipinski definition) is 4. The number of nitrogens with two attached hydrogens (primary N) is 1. The fourth-order valence-corrected chi connectivity index (χ4v) is 1.87. The largest absolute Gasteiger partial charge is 0.494 e. The van der Waals surface area contributed by atoms with E-state index in [0.717, 1.165) is 11.8 Å². The molecule has 7 heteroatoms. The molecule has 6 nitrogen and oxygen atoms in total. The van der Waals surface area contributed by atoms with E-state index in [-0.39, 0.29) is 17.5 Å². The molecule has 0 spiro atoms. The Morgan fingerprint density at radius 1 is 1.67 bits per heavy atom. The summed E-state index contributed by atoms with van der Waals surface area (Å²) < 4.78 is 1.19. The van der Waals surface area contributed by atoms with Crippen LogP contribution in [0.15, 0.2) is 11.0 Å². The van der Waals surface area contributed by atoms with E-state index in [1.165, 1.54) is 17.7 Å². The lowest BCUT2D eigenvalue weighted by atomic mass is 10.4. The molecule has 0 fully saturated rings. The summed E-state index contributed by atoms with van der Waals surface area (Å²) in [4.78, 5) is 10.8. The molecule has 0 amide bonds. The van der Waals surface area contributed by atoms with Gasteiger partial charge in [0.15, 0.2) is 5.88 Å². The van der Waals surface area contributed by atoms with Gasteiger partial charge in [-0.25, -0.2) is 0 Å². The topological polar surface area (TPSA) is 109 Å². The van der Waals surface area contributed by atoms with Crippen molar-refractivity contribution < 1.29 is 20.1 Å².